The van der Waals surface area contributed by atoms with Gasteiger partial charge in [-0.1, -0.05) is 0 Å². The second kappa shape index (κ2) is 4.18. The van der Waals surface area contributed by atoms with Crippen molar-refractivity contribution < 1.29 is 26.7 Å². The van der Waals surface area contributed by atoms with Crippen molar-refractivity contribution in [1.29, 1.82) is 0 Å². The van der Waals surface area contributed by atoms with E-state index in [0.717, 1.165) is 6.92 Å². The van der Waals surface area contributed by atoms with Crippen molar-refractivity contribution >= 4 is 16.9 Å². The number of thioether (sulfide) groups is 1. The molecule has 0 spiro atoms. The molecule has 0 N–H and O–H groups in total. The van der Waals surface area contributed by atoms with Crippen LogP contribution in [0.4, 0.5) is 22.0 Å². The maximum atomic E-state index is 12.9. The van der Waals surface area contributed by atoms with Gasteiger partial charge < -0.3 is 0 Å². The summed E-state index contributed by atoms with van der Waals surface area (Å²) in [6, 6.07) is 0. The van der Waals surface area contributed by atoms with Gasteiger partial charge in [0, 0.05) is 6.92 Å². The summed E-state index contributed by atoms with van der Waals surface area (Å²) in [4.78, 5) is 9.33. The van der Waals surface area contributed by atoms with E-state index in [1.807, 2.05) is 0 Å². The Kier molecular flexibility index (Phi) is 3.33. The molecule has 1 aromatic rings. The molecule has 15 heavy (non-hydrogen) atoms. The van der Waals surface area contributed by atoms with Crippen LogP contribution in [0.15, 0.2) is 4.90 Å². The van der Waals surface area contributed by atoms with E-state index in [9.17, 15) is 26.7 Å². The lowest BCUT2D eigenvalue weighted by atomic mass is 10.3. The SMILES string of the molecule is CC(=O)Sc1c(F)c(F)c(F)c(F)c1F. The van der Waals surface area contributed by atoms with Crippen LogP contribution in [-0.2, 0) is 4.79 Å². The molecule has 82 valence electrons. The number of carbonyl (C=O) groups excluding carboxylic acids is 1. The standard InChI is InChI=1S/C8H3F5OS/c1-2(14)15-8-6(12)4(10)3(9)5(11)7(8)13/h1H3. The number of carbonyl (C=O) groups is 1. The van der Waals surface area contributed by atoms with E-state index < -0.39 is 39.1 Å². The lowest BCUT2D eigenvalue weighted by Gasteiger charge is -2.05. The maximum absolute atomic E-state index is 12.9. The molecule has 0 saturated carbocycles. The lowest BCUT2D eigenvalue weighted by molar-refractivity contribution is -0.109. The first kappa shape index (κ1) is 12.0. The van der Waals surface area contributed by atoms with Crippen LogP contribution in [0.2, 0.25) is 0 Å². The van der Waals surface area contributed by atoms with Gasteiger partial charge >= 0.3 is 0 Å². The zero-order valence-electron chi connectivity index (χ0n) is 7.21. The van der Waals surface area contributed by atoms with Gasteiger partial charge in [-0.25, -0.2) is 22.0 Å². The summed E-state index contributed by atoms with van der Waals surface area (Å²) in [6.07, 6.45) is 0. The Hall–Kier alpha value is -1.11. The fourth-order valence-electron chi connectivity index (χ4n) is 0.818. The third-order valence-corrected chi connectivity index (χ3v) is 2.27. The minimum atomic E-state index is -2.24. The first-order valence-corrected chi connectivity index (χ1v) is 4.37. The van der Waals surface area contributed by atoms with Gasteiger partial charge in [0.2, 0.25) is 5.82 Å². The van der Waals surface area contributed by atoms with Crippen LogP contribution < -0.4 is 0 Å². The minimum absolute atomic E-state index is 0.0469. The average molecular weight is 242 g/mol. The molecular weight excluding hydrogens is 239 g/mol. The van der Waals surface area contributed by atoms with E-state index in [0.29, 0.717) is 0 Å². The molecule has 0 bridgehead atoms. The fraction of sp³-hybridized carbons (Fsp3) is 0.125. The second-order valence-corrected chi connectivity index (χ2v) is 3.68. The van der Waals surface area contributed by atoms with Gasteiger partial charge in [0.1, 0.15) is 0 Å². The molecule has 0 saturated heterocycles. The molecule has 0 aliphatic carbocycles. The Labute approximate surface area is 85.3 Å². The molecular formula is C8H3F5OS. The summed E-state index contributed by atoms with van der Waals surface area (Å²) < 4.78 is 63.4. The van der Waals surface area contributed by atoms with Crippen LogP contribution in [0.1, 0.15) is 6.92 Å². The molecule has 0 fully saturated rings. The first-order valence-electron chi connectivity index (χ1n) is 3.56. The molecule has 0 aliphatic rings. The predicted molar refractivity (Wildman–Crippen MR) is 42.8 cm³/mol. The van der Waals surface area contributed by atoms with Crippen molar-refractivity contribution in [3.63, 3.8) is 0 Å². The third kappa shape index (κ3) is 2.11. The molecule has 1 aromatic carbocycles. The highest BCUT2D eigenvalue weighted by molar-refractivity contribution is 8.13. The molecule has 0 amide bonds. The van der Waals surface area contributed by atoms with Crippen LogP contribution in [0.25, 0.3) is 0 Å². The van der Waals surface area contributed by atoms with Crippen molar-refractivity contribution in [3.8, 4) is 0 Å². The maximum Gasteiger partial charge on any atom is 0.200 e. The Balaban J connectivity index is 3.45. The van der Waals surface area contributed by atoms with Gasteiger partial charge in [-0.15, -0.1) is 0 Å². The normalized spacial score (nSPS) is 10.5. The summed E-state index contributed by atoms with van der Waals surface area (Å²) in [5.74, 6) is -10.3. The van der Waals surface area contributed by atoms with Crippen molar-refractivity contribution in [2.45, 2.75) is 11.8 Å². The van der Waals surface area contributed by atoms with E-state index >= 15 is 0 Å². The summed E-state index contributed by atoms with van der Waals surface area (Å²) in [7, 11) is 0. The predicted octanol–water partition coefficient (Wildman–Crippen LogP) is 3.02. The highest BCUT2D eigenvalue weighted by atomic mass is 32.2. The summed E-state index contributed by atoms with van der Waals surface area (Å²) in [6.45, 7) is 0.947. The van der Waals surface area contributed by atoms with E-state index in [4.69, 9.17) is 0 Å². The van der Waals surface area contributed by atoms with E-state index in [1.165, 1.54) is 0 Å². The minimum Gasteiger partial charge on any atom is -0.287 e. The summed E-state index contributed by atoms with van der Waals surface area (Å²) in [5, 5.41) is -0.779. The zero-order chi connectivity index (χ0) is 11.7. The number of halogens is 5. The van der Waals surface area contributed by atoms with Gasteiger partial charge in [0.25, 0.3) is 0 Å². The monoisotopic (exact) mass is 242 g/mol. The molecule has 7 heteroatoms. The first-order chi connectivity index (χ1) is 6.86. The van der Waals surface area contributed by atoms with Crippen LogP contribution in [-0.4, -0.2) is 5.12 Å². The van der Waals surface area contributed by atoms with E-state index in [2.05, 4.69) is 0 Å². The lowest BCUT2D eigenvalue weighted by Crippen LogP contribution is -2.04. The average Bonchev–Trinajstić information content (AvgIpc) is 2.18. The van der Waals surface area contributed by atoms with Gasteiger partial charge in [-0.05, 0) is 11.8 Å². The van der Waals surface area contributed by atoms with Crippen LogP contribution >= 0.6 is 11.8 Å². The smallest absolute Gasteiger partial charge is 0.200 e. The highest BCUT2D eigenvalue weighted by Crippen LogP contribution is 2.30. The summed E-state index contributed by atoms with van der Waals surface area (Å²) >= 11 is -0.0469. The van der Waals surface area contributed by atoms with Crippen molar-refractivity contribution in [1.82, 2.24) is 0 Å². The third-order valence-electron chi connectivity index (χ3n) is 1.42. The largest absolute Gasteiger partial charge is 0.287 e. The Bertz CT molecular complexity index is 403. The van der Waals surface area contributed by atoms with Gasteiger partial charge in [-0.3, -0.25) is 4.79 Å². The fourth-order valence-corrected chi connectivity index (χ4v) is 1.46. The number of rotatable bonds is 1. The van der Waals surface area contributed by atoms with Crippen LogP contribution in [0.3, 0.4) is 0 Å². The van der Waals surface area contributed by atoms with E-state index in [1.54, 1.807) is 0 Å². The molecule has 1 rings (SSSR count). The van der Waals surface area contributed by atoms with Crippen LogP contribution in [0, 0.1) is 29.1 Å². The number of hydrogen-bond acceptors (Lipinski definition) is 2. The molecule has 0 heterocycles. The Morgan fingerprint density at radius 3 is 1.53 bits per heavy atom. The van der Waals surface area contributed by atoms with E-state index in [-0.39, 0.29) is 11.8 Å². The van der Waals surface area contributed by atoms with Gasteiger partial charge in [0.15, 0.2) is 28.4 Å². The topological polar surface area (TPSA) is 17.1 Å². The second-order valence-electron chi connectivity index (χ2n) is 2.49. The highest BCUT2D eigenvalue weighted by Gasteiger charge is 2.26. The van der Waals surface area contributed by atoms with Crippen molar-refractivity contribution in [2.75, 3.05) is 0 Å². The Morgan fingerprint density at radius 2 is 1.20 bits per heavy atom. The van der Waals surface area contributed by atoms with Gasteiger partial charge in [0.05, 0.1) is 4.90 Å². The summed E-state index contributed by atoms with van der Waals surface area (Å²) in [5.41, 5.74) is 0. The molecule has 0 unspecified atom stereocenters. The quantitative estimate of drug-likeness (QED) is 0.326. The molecule has 0 radical (unpaired) electrons. The van der Waals surface area contributed by atoms with Crippen molar-refractivity contribution in [2.24, 2.45) is 0 Å². The molecule has 0 atom stereocenters. The van der Waals surface area contributed by atoms with Gasteiger partial charge in [-0.2, -0.15) is 0 Å². The zero-order valence-corrected chi connectivity index (χ0v) is 8.02. The number of hydrogen-bond donors (Lipinski definition) is 0. The van der Waals surface area contributed by atoms with Crippen LogP contribution in [0.5, 0.6) is 0 Å². The van der Waals surface area contributed by atoms with Crippen molar-refractivity contribution in [3.05, 3.63) is 29.1 Å². The molecule has 0 aromatic heterocycles. The Morgan fingerprint density at radius 1 is 0.867 bits per heavy atom. The molecule has 0 aliphatic heterocycles. The number of benzene rings is 1. The molecule has 1 nitrogen and oxygen atoms in total.